The monoisotopic (exact) mass is 308 g/mol. The first-order valence-corrected chi connectivity index (χ1v) is 4.77. The molecule has 0 aromatic heterocycles. The summed E-state index contributed by atoms with van der Waals surface area (Å²) in [6.45, 7) is 0. The SMILES string of the molecule is O=C(O)CC(C(=O)O)(C(=O)O)C(C(=O)O)(C(=O)O)C(=O)O. The molecule has 0 spiro atoms. The van der Waals surface area contributed by atoms with Crippen LogP contribution in [0.3, 0.4) is 0 Å². The first-order valence-electron chi connectivity index (χ1n) is 4.77. The molecule has 0 rings (SSSR count). The van der Waals surface area contributed by atoms with Crippen LogP contribution < -0.4 is 0 Å². The fraction of sp³-hybridized carbons (Fsp3) is 0.333. The summed E-state index contributed by atoms with van der Waals surface area (Å²) in [6.07, 6.45) is -2.08. The van der Waals surface area contributed by atoms with Crippen LogP contribution in [-0.4, -0.2) is 66.5 Å². The van der Waals surface area contributed by atoms with E-state index in [0.29, 0.717) is 0 Å². The van der Waals surface area contributed by atoms with Gasteiger partial charge in [0.05, 0.1) is 6.42 Å². The highest BCUT2D eigenvalue weighted by molar-refractivity contribution is 6.25. The molecular formula is C9H8O12. The van der Waals surface area contributed by atoms with Crippen molar-refractivity contribution in [3.05, 3.63) is 0 Å². The number of hydrogen-bond donors (Lipinski definition) is 6. The lowest BCUT2D eigenvalue weighted by molar-refractivity contribution is -0.203. The molecule has 0 aliphatic carbocycles. The molecular weight excluding hydrogens is 300 g/mol. The zero-order valence-electron chi connectivity index (χ0n) is 9.84. The summed E-state index contributed by atoms with van der Waals surface area (Å²) >= 11 is 0. The molecule has 0 aromatic rings. The van der Waals surface area contributed by atoms with Gasteiger partial charge in [-0.15, -0.1) is 0 Å². The van der Waals surface area contributed by atoms with Gasteiger partial charge in [-0.1, -0.05) is 0 Å². The van der Waals surface area contributed by atoms with Crippen LogP contribution >= 0.6 is 0 Å². The Morgan fingerprint density at radius 2 is 0.857 bits per heavy atom. The summed E-state index contributed by atoms with van der Waals surface area (Å²) in [5.41, 5.74) is -8.61. The number of carbonyl (C=O) groups is 6. The Labute approximate surface area is 113 Å². The molecule has 116 valence electrons. The molecule has 0 radical (unpaired) electrons. The molecule has 0 saturated heterocycles. The Bertz CT molecular complexity index is 493. The lowest BCUT2D eigenvalue weighted by Gasteiger charge is -2.34. The predicted molar refractivity (Wildman–Crippen MR) is 55.3 cm³/mol. The van der Waals surface area contributed by atoms with E-state index in [2.05, 4.69) is 0 Å². The highest BCUT2D eigenvalue weighted by atomic mass is 16.4. The van der Waals surface area contributed by atoms with Crippen molar-refractivity contribution in [3.8, 4) is 0 Å². The van der Waals surface area contributed by atoms with E-state index in [9.17, 15) is 28.8 Å². The van der Waals surface area contributed by atoms with E-state index in [1.807, 2.05) is 0 Å². The lowest BCUT2D eigenvalue weighted by atomic mass is 9.60. The second kappa shape index (κ2) is 5.44. The van der Waals surface area contributed by atoms with E-state index < -0.39 is 53.1 Å². The Hall–Kier alpha value is -3.18. The standard InChI is InChI=1S/C9H8O12/c10-2(11)1-8(3(12)13,4(14)15)9(5(16)17,6(18)19)7(20)21/h1H2,(H,10,11)(H,12,13)(H,14,15)(H,16,17)(H,18,19)(H,20,21). The summed E-state index contributed by atoms with van der Waals surface area (Å²) < 4.78 is 0. The van der Waals surface area contributed by atoms with Crippen LogP contribution in [0.5, 0.6) is 0 Å². The van der Waals surface area contributed by atoms with Gasteiger partial charge in [-0.25, -0.2) is 0 Å². The van der Waals surface area contributed by atoms with Gasteiger partial charge in [0.2, 0.25) is 5.41 Å². The lowest BCUT2D eigenvalue weighted by Crippen LogP contribution is -2.65. The van der Waals surface area contributed by atoms with Crippen molar-refractivity contribution >= 4 is 35.8 Å². The molecule has 6 N–H and O–H groups in total. The van der Waals surface area contributed by atoms with Crippen molar-refractivity contribution in [1.29, 1.82) is 0 Å². The van der Waals surface area contributed by atoms with Crippen LogP contribution in [0.2, 0.25) is 0 Å². The second-order valence-corrected chi connectivity index (χ2v) is 3.75. The summed E-state index contributed by atoms with van der Waals surface area (Å²) in [6, 6.07) is 0. The predicted octanol–water partition coefficient (Wildman–Crippen LogP) is -2.14. The van der Waals surface area contributed by atoms with Crippen LogP contribution in [0.1, 0.15) is 6.42 Å². The number of carboxylic acid groups (broad SMARTS) is 6. The Morgan fingerprint density at radius 1 is 0.571 bits per heavy atom. The van der Waals surface area contributed by atoms with Crippen molar-refractivity contribution in [3.63, 3.8) is 0 Å². The molecule has 0 bridgehead atoms. The Kier molecular flexibility index (Phi) is 4.62. The van der Waals surface area contributed by atoms with Gasteiger partial charge < -0.3 is 30.6 Å². The largest absolute Gasteiger partial charge is 0.481 e. The van der Waals surface area contributed by atoms with Gasteiger partial charge in [0.25, 0.3) is 5.41 Å². The van der Waals surface area contributed by atoms with Crippen molar-refractivity contribution < 1.29 is 59.4 Å². The number of carboxylic acids is 6. The highest BCUT2D eigenvalue weighted by Crippen LogP contribution is 2.44. The molecule has 0 aliphatic rings. The average molecular weight is 308 g/mol. The van der Waals surface area contributed by atoms with E-state index in [1.165, 1.54) is 0 Å². The molecule has 0 aliphatic heterocycles. The van der Waals surface area contributed by atoms with Crippen LogP contribution in [0.15, 0.2) is 0 Å². The van der Waals surface area contributed by atoms with Gasteiger partial charge in [0, 0.05) is 0 Å². The second-order valence-electron chi connectivity index (χ2n) is 3.75. The van der Waals surface area contributed by atoms with Gasteiger partial charge in [-0.3, -0.25) is 28.8 Å². The normalized spacial score (nSPS) is 11.4. The maximum Gasteiger partial charge on any atom is 0.334 e. The fourth-order valence-corrected chi connectivity index (χ4v) is 1.74. The van der Waals surface area contributed by atoms with Crippen molar-refractivity contribution in [2.75, 3.05) is 0 Å². The topological polar surface area (TPSA) is 224 Å². The molecule has 0 saturated carbocycles. The third kappa shape index (κ3) is 2.22. The maximum atomic E-state index is 11.1. The minimum atomic E-state index is -4.44. The molecule has 0 fully saturated rings. The highest BCUT2D eigenvalue weighted by Gasteiger charge is 2.77. The average Bonchev–Trinajstić information content (AvgIpc) is 2.24. The number of rotatable bonds is 8. The van der Waals surface area contributed by atoms with Crippen LogP contribution in [0, 0.1) is 10.8 Å². The van der Waals surface area contributed by atoms with Crippen LogP contribution in [0.4, 0.5) is 0 Å². The quantitative estimate of drug-likeness (QED) is 0.264. The van der Waals surface area contributed by atoms with Crippen molar-refractivity contribution in [2.45, 2.75) is 6.42 Å². The van der Waals surface area contributed by atoms with Crippen LogP contribution in [0.25, 0.3) is 0 Å². The Balaban J connectivity index is 6.99. The fourth-order valence-electron chi connectivity index (χ4n) is 1.74. The van der Waals surface area contributed by atoms with Crippen molar-refractivity contribution in [1.82, 2.24) is 0 Å². The van der Waals surface area contributed by atoms with E-state index in [-0.39, 0.29) is 0 Å². The summed E-state index contributed by atoms with van der Waals surface area (Å²) in [5.74, 6) is -16.2. The van der Waals surface area contributed by atoms with E-state index >= 15 is 0 Å². The molecule has 0 atom stereocenters. The van der Waals surface area contributed by atoms with Crippen LogP contribution in [-0.2, 0) is 28.8 Å². The van der Waals surface area contributed by atoms with E-state index in [1.54, 1.807) is 0 Å². The number of aliphatic carboxylic acids is 6. The number of hydrogen-bond acceptors (Lipinski definition) is 6. The zero-order chi connectivity index (χ0) is 17.2. The summed E-state index contributed by atoms with van der Waals surface area (Å²) in [7, 11) is 0. The molecule has 0 heterocycles. The molecule has 0 amide bonds. The minimum absolute atomic E-state index is 2.08. The molecule has 21 heavy (non-hydrogen) atoms. The first kappa shape index (κ1) is 17.8. The summed E-state index contributed by atoms with van der Waals surface area (Å²) in [5, 5.41) is 52.8. The molecule has 0 aromatic carbocycles. The third-order valence-corrected chi connectivity index (χ3v) is 2.75. The van der Waals surface area contributed by atoms with Crippen molar-refractivity contribution in [2.24, 2.45) is 10.8 Å². The molecule has 12 nitrogen and oxygen atoms in total. The maximum absolute atomic E-state index is 11.1. The van der Waals surface area contributed by atoms with Gasteiger partial charge in [-0.05, 0) is 0 Å². The van der Waals surface area contributed by atoms with Gasteiger partial charge in [-0.2, -0.15) is 0 Å². The summed E-state index contributed by atoms with van der Waals surface area (Å²) in [4.78, 5) is 66.1. The Morgan fingerprint density at radius 3 is 1.00 bits per heavy atom. The van der Waals surface area contributed by atoms with Gasteiger partial charge >= 0.3 is 35.8 Å². The van der Waals surface area contributed by atoms with E-state index in [0.717, 1.165) is 0 Å². The van der Waals surface area contributed by atoms with Gasteiger partial charge in [0.1, 0.15) is 0 Å². The molecule has 12 heteroatoms. The first-order chi connectivity index (χ1) is 9.38. The minimum Gasteiger partial charge on any atom is -0.481 e. The third-order valence-electron chi connectivity index (χ3n) is 2.75. The smallest absolute Gasteiger partial charge is 0.334 e. The van der Waals surface area contributed by atoms with Gasteiger partial charge in [0.15, 0.2) is 0 Å². The molecule has 0 unspecified atom stereocenters. The van der Waals surface area contributed by atoms with E-state index in [4.69, 9.17) is 30.6 Å². The zero-order valence-corrected chi connectivity index (χ0v) is 9.84.